The van der Waals surface area contributed by atoms with E-state index in [4.69, 9.17) is 5.26 Å². The van der Waals surface area contributed by atoms with E-state index in [-0.39, 0.29) is 22.9 Å². The largest absolute Gasteiger partial charge is 0.326 e. The van der Waals surface area contributed by atoms with Gasteiger partial charge < -0.3 is 10.2 Å². The number of carbonyl (C=O) groups excluding carboxylic acids is 1. The van der Waals surface area contributed by atoms with Gasteiger partial charge in [0.2, 0.25) is 5.91 Å². The lowest BCUT2D eigenvalue weighted by atomic mass is 9.47. The lowest BCUT2D eigenvalue weighted by molar-refractivity contribution is -0.131. The molecule has 0 aromatic rings. The van der Waals surface area contributed by atoms with Crippen LogP contribution in [-0.2, 0) is 4.79 Å². The number of nitrogens with one attached hydrogen (secondary N) is 1. The van der Waals surface area contributed by atoms with Crippen molar-refractivity contribution < 1.29 is 4.79 Å². The van der Waals surface area contributed by atoms with Crippen LogP contribution in [0, 0.1) is 39.9 Å². The molecule has 1 aliphatic heterocycles. The number of nitrogens with zero attached hydrogens (tertiary/aromatic N) is 3. The van der Waals surface area contributed by atoms with Crippen LogP contribution in [0.4, 0.5) is 0 Å². The molecule has 5 aliphatic rings. The monoisotopic (exact) mass is 312 g/mol. The summed E-state index contributed by atoms with van der Waals surface area (Å²) >= 11 is 0. The van der Waals surface area contributed by atoms with Crippen LogP contribution >= 0.6 is 0 Å². The Hall–Kier alpha value is -1.59. The molecule has 1 heterocycles. The van der Waals surface area contributed by atoms with Crippen LogP contribution in [0.5, 0.6) is 0 Å². The molecular formula is C18H24N4O. The van der Waals surface area contributed by atoms with E-state index in [2.05, 4.69) is 17.5 Å². The fraction of sp³-hybridized carbons (Fsp3) is 0.833. The summed E-state index contributed by atoms with van der Waals surface area (Å²) in [4.78, 5) is 14.2. The van der Waals surface area contributed by atoms with Gasteiger partial charge >= 0.3 is 0 Å². The second kappa shape index (κ2) is 5.21. The van der Waals surface area contributed by atoms with Gasteiger partial charge in [-0.3, -0.25) is 4.79 Å². The molecule has 0 spiro atoms. The molecule has 23 heavy (non-hydrogen) atoms. The predicted octanol–water partition coefficient (Wildman–Crippen LogP) is 1.95. The molecule has 4 aliphatic carbocycles. The molecule has 5 heteroatoms. The zero-order valence-corrected chi connectivity index (χ0v) is 13.6. The van der Waals surface area contributed by atoms with E-state index in [1.807, 2.05) is 0 Å². The van der Waals surface area contributed by atoms with E-state index in [1.54, 1.807) is 4.90 Å². The zero-order chi connectivity index (χ0) is 16.1. The van der Waals surface area contributed by atoms with Crippen LogP contribution in [0.1, 0.15) is 51.4 Å². The van der Waals surface area contributed by atoms with Gasteiger partial charge in [0.1, 0.15) is 6.04 Å². The van der Waals surface area contributed by atoms with Crippen molar-refractivity contribution >= 4 is 5.91 Å². The minimum absolute atomic E-state index is 0.0165. The molecule has 4 bridgehead atoms. The summed E-state index contributed by atoms with van der Waals surface area (Å²) in [6.45, 7) is 1.03. The molecule has 1 N–H and O–H groups in total. The van der Waals surface area contributed by atoms with E-state index < -0.39 is 0 Å². The molecule has 0 radical (unpaired) electrons. The maximum Gasteiger partial charge on any atom is 0.237 e. The van der Waals surface area contributed by atoms with Crippen molar-refractivity contribution in [2.45, 2.75) is 62.9 Å². The van der Waals surface area contributed by atoms with Crippen LogP contribution in [-0.4, -0.2) is 35.5 Å². The minimum Gasteiger partial charge on any atom is -0.326 e. The molecule has 1 saturated heterocycles. The van der Waals surface area contributed by atoms with Gasteiger partial charge in [-0.2, -0.15) is 10.5 Å². The van der Waals surface area contributed by atoms with Gasteiger partial charge in [0, 0.05) is 12.1 Å². The summed E-state index contributed by atoms with van der Waals surface area (Å²) in [5.74, 6) is 1.35. The number of likely N-dealkylation sites (tertiary alicyclic amines) is 1. The first-order valence-corrected chi connectivity index (χ1v) is 8.92. The van der Waals surface area contributed by atoms with E-state index in [0.717, 1.165) is 44.9 Å². The molecule has 5 fully saturated rings. The highest BCUT2D eigenvalue weighted by molar-refractivity contribution is 5.79. The van der Waals surface area contributed by atoms with Gasteiger partial charge in [0.25, 0.3) is 0 Å². The lowest BCUT2D eigenvalue weighted by Gasteiger charge is -2.60. The summed E-state index contributed by atoms with van der Waals surface area (Å²) in [5.41, 5.74) is -0.166. The molecule has 5 rings (SSSR count). The number of carbonyl (C=O) groups is 1. The van der Waals surface area contributed by atoms with E-state index in [0.29, 0.717) is 24.9 Å². The van der Waals surface area contributed by atoms with Crippen molar-refractivity contribution in [1.82, 2.24) is 10.2 Å². The van der Waals surface area contributed by atoms with Crippen LogP contribution < -0.4 is 5.32 Å². The Morgan fingerprint density at radius 3 is 2.61 bits per heavy atom. The first-order valence-electron chi connectivity index (χ1n) is 8.92. The minimum atomic E-state index is -0.244. The maximum absolute atomic E-state index is 12.5. The number of rotatable bonds is 3. The highest BCUT2D eigenvalue weighted by Gasteiger charge is 2.58. The van der Waals surface area contributed by atoms with Crippen LogP contribution in [0.15, 0.2) is 0 Å². The zero-order valence-electron chi connectivity index (χ0n) is 13.6. The normalized spacial score (nSPS) is 44.1. The van der Waals surface area contributed by atoms with E-state index in [1.165, 1.54) is 6.42 Å². The highest BCUT2D eigenvalue weighted by Crippen LogP contribution is 2.61. The van der Waals surface area contributed by atoms with Crippen LogP contribution in [0.3, 0.4) is 0 Å². The Bertz CT molecular complexity index is 587. The molecule has 122 valence electrons. The quantitative estimate of drug-likeness (QED) is 0.864. The lowest BCUT2D eigenvalue weighted by Crippen LogP contribution is -2.63. The van der Waals surface area contributed by atoms with Gasteiger partial charge in [-0.15, -0.1) is 0 Å². The summed E-state index contributed by atoms with van der Waals surface area (Å²) < 4.78 is 0. The Morgan fingerprint density at radius 1 is 1.22 bits per heavy atom. The van der Waals surface area contributed by atoms with Crippen molar-refractivity contribution in [2.75, 3.05) is 13.1 Å². The average Bonchev–Trinajstić information content (AvgIpc) is 3.00. The third-order valence-corrected chi connectivity index (χ3v) is 6.64. The maximum atomic E-state index is 12.5. The van der Waals surface area contributed by atoms with Gasteiger partial charge in [0.15, 0.2) is 0 Å². The number of hydrogen-bond donors (Lipinski definition) is 1. The summed E-state index contributed by atoms with van der Waals surface area (Å²) in [7, 11) is 0. The summed E-state index contributed by atoms with van der Waals surface area (Å²) in [6.07, 6.45) is 8.23. The standard InChI is InChI=1S/C18H24N4O/c19-9-15-2-1-3-22(15)16(23)10-21-18-7-13-4-14(8-18)6-17(5-13,11-18)12-20/h13-15,21H,1-8,10-11H2. The molecule has 3 unspecified atom stereocenters. The summed E-state index contributed by atoms with van der Waals surface area (Å²) in [5, 5.41) is 22.4. The smallest absolute Gasteiger partial charge is 0.237 e. The van der Waals surface area contributed by atoms with Crippen LogP contribution in [0.2, 0.25) is 0 Å². The van der Waals surface area contributed by atoms with Gasteiger partial charge in [-0.1, -0.05) is 0 Å². The van der Waals surface area contributed by atoms with Crippen molar-refractivity contribution in [3.63, 3.8) is 0 Å². The van der Waals surface area contributed by atoms with Gasteiger partial charge in [-0.25, -0.2) is 0 Å². The van der Waals surface area contributed by atoms with E-state index >= 15 is 0 Å². The molecule has 1 amide bonds. The summed E-state index contributed by atoms with van der Waals surface area (Å²) in [6, 6.07) is 4.61. The SMILES string of the molecule is N#CC1CCCN1C(=O)CNC12CC3CC(CC(C#N)(C3)C1)C2. The fourth-order valence-electron chi connectivity index (χ4n) is 6.16. The van der Waals surface area contributed by atoms with Crippen molar-refractivity contribution in [3.8, 4) is 12.1 Å². The Labute approximate surface area is 137 Å². The Morgan fingerprint density at radius 2 is 1.96 bits per heavy atom. The molecule has 0 aromatic heterocycles. The van der Waals surface area contributed by atoms with Crippen molar-refractivity contribution in [3.05, 3.63) is 0 Å². The van der Waals surface area contributed by atoms with Crippen LogP contribution in [0.25, 0.3) is 0 Å². The number of hydrogen-bond acceptors (Lipinski definition) is 4. The third-order valence-electron chi connectivity index (χ3n) is 6.64. The molecule has 0 aromatic carbocycles. The number of amides is 1. The van der Waals surface area contributed by atoms with Gasteiger partial charge in [0.05, 0.1) is 24.1 Å². The second-order valence-corrected chi connectivity index (χ2v) is 8.36. The molecular weight excluding hydrogens is 288 g/mol. The van der Waals surface area contributed by atoms with Crippen molar-refractivity contribution in [2.24, 2.45) is 17.3 Å². The first-order chi connectivity index (χ1) is 11.1. The topological polar surface area (TPSA) is 79.9 Å². The molecule has 4 saturated carbocycles. The second-order valence-electron chi connectivity index (χ2n) is 8.36. The van der Waals surface area contributed by atoms with Gasteiger partial charge in [-0.05, 0) is 63.2 Å². The van der Waals surface area contributed by atoms with Crippen molar-refractivity contribution in [1.29, 1.82) is 10.5 Å². The Balaban J connectivity index is 1.44. The average molecular weight is 312 g/mol. The predicted molar refractivity (Wildman–Crippen MR) is 83.8 cm³/mol. The number of nitriles is 2. The highest BCUT2D eigenvalue weighted by atomic mass is 16.2. The third kappa shape index (κ3) is 2.42. The Kier molecular flexibility index (Phi) is 3.39. The fourth-order valence-corrected chi connectivity index (χ4v) is 6.16. The molecule has 5 nitrogen and oxygen atoms in total. The molecule has 3 atom stereocenters. The van der Waals surface area contributed by atoms with E-state index in [9.17, 15) is 10.1 Å². The first kappa shape index (κ1) is 15.0.